The highest BCUT2D eigenvalue weighted by molar-refractivity contribution is 9.13. The van der Waals surface area contributed by atoms with Gasteiger partial charge in [-0.1, -0.05) is 12.1 Å². The van der Waals surface area contributed by atoms with Crippen molar-refractivity contribution in [2.75, 3.05) is 5.32 Å². The number of benzene rings is 1. The summed E-state index contributed by atoms with van der Waals surface area (Å²) in [4.78, 5) is 12.4. The fraction of sp³-hybridized carbons (Fsp3) is 0.188. The predicted octanol–water partition coefficient (Wildman–Crippen LogP) is 4.19. The monoisotopic (exact) mass is 469 g/mol. The normalized spacial score (nSPS) is 10.9. The number of amides is 1. The number of rotatable bonds is 4. The molecule has 9 heteroatoms. The molecule has 0 saturated heterocycles. The van der Waals surface area contributed by atoms with Crippen molar-refractivity contribution in [2.45, 2.75) is 20.4 Å². The third-order valence-corrected chi connectivity index (χ3v) is 5.63. The van der Waals surface area contributed by atoms with Crippen LogP contribution in [0.3, 0.4) is 0 Å². The second-order valence-electron chi connectivity index (χ2n) is 5.48. The lowest BCUT2D eigenvalue weighted by molar-refractivity contribution is 0.102. The number of carbonyl (C=O) groups excluding carboxylic acids is 1. The summed E-state index contributed by atoms with van der Waals surface area (Å²) in [6.45, 7) is 4.17. The van der Waals surface area contributed by atoms with Crippen molar-refractivity contribution < 1.29 is 9.18 Å². The molecular weight excluding hydrogens is 457 g/mol. The molecule has 0 radical (unpaired) electrons. The van der Waals surface area contributed by atoms with Crippen LogP contribution in [0.25, 0.3) is 0 Å². The lowest BCUT2D eigenvalue weighted by Gasteiger charge is -2.07. The molecule has 0 aliphatic carbocycles. The third-order valence-electron chi connectivity index (χ3n) is 3.75. The average molecular weight is 471 g/mol. The summed E-state index contributed by atoms with van der Waals surface area (Å²) < 4.78 is 15.9. The summed E-state index contributed by atoms with van der Waals surface area (Å²) in [5.74, 6) is -0.623. The summed E-state index contributed by atoms with van der Waals surface area (Å²) in [6, 6.07) is 6.25. The van der Waals surface area contributed by atoms with Gasteiger partial charge in [0.15, 0.2) is 5.69 Å². The number of nitrogens with zero attached hydrogens (tertiary/aromatic N) is 3. The second kappa shape index (κ2) is 7.09. The Balaban J connectivity index is 1.83. The van der Waals surface area contributed by atoms with Crippen molar-refractivity contribution in [3.63, 3.8) is 0 Å². The van der Waals surface area contributed by atoms with E-state index in [9.17, 15) is 9.18 Å². The SMILES string of the molecule is Cc1nn(Cc2ccc(F)cc2)c(C)c1NC(=O)c1n[nH]c(Br)c1Br. The number of H-pyrrole nitrogens is 1. The number of carbonyl (C=O) groups is 1. The van der Waals surface area contributed by atoms with Crippen LogP contribution >= 0.6 is 31.9 Å². The lowest BCUT2D eigenvalue weighted by Crippen LogP contribution is -2.14. The number of hydrogen-bond acceptors (Lipinski definition) is 3. The van der Waals surface area contributed by atoms with Gasteiger partial charge in [-0.15, -0.1) is 0 Å². The second-order valence-corrected chi connectivity index (χ2v) is 7.07. The lowest BCUT2D eigenvalue weighted by atomic mass is 10.2. The molecule has 0 fully saturated rings. The molecule has 25 heavy (non-hydrogen) atoms. The van der Waals surface area contributed by atoms with Gasteiger partial charge < -0.3 is 5.32 Å². The molecule has 1 aromatic carbocycles. The van der Waals surface area contributed by atoms with Crippen LogP contribution < -0.4 is 5.32 Å². The van der Waals surface area contributed by atoms with Gasteiger partial charge >= 0.3 is 0 Å². The molecule has 2 aromatic heterocycles. The van der Waals surface area contributed by atoms with Gasteiger partial charge in [0.2, 0.25) is 0 Å². The number of aromatic nitrogens is 4. The molecule has 3 aromatic rings. The largest absolute Gasteiger partial charge is 0.317 e. The number of hydrogen-bond donors (Lipinski definition) is 2. The van der Waals surface area contributed by atoms with Gasteiger partial charge in [0.05, 0.1) is 28.1 Å². The topological polar surface area (TPSA) is 75.6 Å². The Morgan fingerprint density at radius 1 is 1.28 bits per heavy atom. The van der Waals surface area contributed by atoms with E-state index in [2.05, 4.69) is 52.5 Å². The van der Waals surface area contributed by atoms with Gasteiger partial charge in [0.1, 0.15) is 10.4 Å². The van der Waals surface area contributed by atoms with Crippen molar-refractivity contribution in [1.82, 2.24) is 20.0 Å². The quantitative estimate of drug-likeness (QED) is 0.600. The van der Waals surface area contributed by atoms with Crippen LogP contribution in [0.1, 0.15) is 27.4 Å². The molecule has 1 amide bonds. The Hall–Kier alpha value is -2.00. The fourth-order valence-corrected chi connectivity index (χ4v) is 3.06. The van der Waals surface area contributed by atoms with E-state index in [-0.39, 0.29) is 17.4 Å². The number of anilines is 1. The Morgan fingerprint density at radius 3 is 2.56 bits per heavy atom. The van der Waals surface area contributed by atoms with Crippen LogP contribution in [-0.2, 0) is 6.54 Å². The molecule has 130 valence electrons. The first-order valence-electron chi connectivity index (χ1n) is 7.36. The van der Waals surface area contributed by atoms with Crippen molar-refractivity contribution >= 4 is 43.5 Å². The Kier molecular flexibility index (Phi) is 5.05. The number of nitrogens with one attached hydrogen (secondary N) is 2. The maximum Gasteiger partial charge on any atom is 0.277 e. The molecule has 0 spiro atoms. The molecule has 2 N–H and O–H groups in total. The molecule has 0 aliphatic heterocycles. The average Bonchev–Trinajstić information content (AvgIpc) is 3.04. The van der Waals surface area contributed by atoms with Gasteiger partial charge in [-0.3, -0.25) is 14.6 Å². The van der Waals surface area contributed by atoms with Gasteiger partial charge in [-0.25, -0.2) is 4.39 Å². The third kappa shape index (κ3) is 3.67. The van der Waals surface area contributed by atoms with Gasteiger partial charge in [0.25, 0.3) is 5.91 Å². The highest BCUT2D eigenvalue weighted by atomic mass is 79.9. The van der Waals surface area contributed by atoms with Crippen LogP contribution in [0.2, 0.25) is 0 Å². The first-order valence-corrected chi connectivity index (χ1v) is 8.94. The minimum atomic E-state index is -0.346. The number of halogens is 3. The maximum atomic E-state index is 13.0. The van der Waals surface area contributed by atoms with Crippen LogP contribution in [0.5, 0.6) is 0 Å². The van der Waals surface area contributed by atoms with Crippen molar-refractivity contribution in [1.29, 1.82) is 0 Å². The Labute approximate surface area is 160 Å². The minimum absolute atomic E-state index is 0.247. The van der Waals surface area contributed by atoms with Crippen LogP contribution in [-0.4, -0.2) is 25.9 Å². The van der Waals surface area contributed by atoms with Gasteiger partial charge in [0, 0.05) is 0 Å². The Bertz CT molecular complexity index is 933. The number of aryl methyl sites for hydroxylation is 1. The first-order chi connectivity index (χ1) is 11.9. The summed E-state index contributed by atoms with van der Waals surface area (Å²) in [5, 5.41) is 14.0. The van der Waals surface area contributed by atoms with E-state index in [0.29, 0.717) is 27.0 Å². The van der Waals surface area contributed by atoms with E-state index in [1.807, 2.05) is 13.8 Å². The highest BCUT2D eigenvalue weighted by Gasteiger charge is 2.20. The smallest absolute Gasteiger partial charge is 0.277 e. The standard InChI is InChI=1S/C16H14Br2FN5O/c1-8-13(20-16(25)14-12(17)15(18)22-21-14)9(2)24(23-8)7-10-3-5-11(19)6-4-10/h3-6H,7H2,1-2H3,(H,20,25)(H,21,22). The van der Waals surface area contributed by atoms with Crippen LogP contribution in [0, 0.1) is 19.7 Å². The van der Waals surface area contributed by atoms with E-state index in [4.69, 9.17) is 0 Å². The first kappa shape index (κ1) is 17.8. The molecule has 2 heterocycles. The minimum Gasteiger partial charge on any atom is -0.317 e. The molecule has 6 nitrogen and oxygen atoms in total. The van der Waals surface area contributed by atoms with Gasteiger partial charge in [-0.2, -0.15) is 10.2 Å². The van der Waals surface area contributed by atoms with Crippen LogP contribution in [0.4, 0.5) is 10.1 Å². The summed E-state index contributed by atoms with van der Waals surface area (Å²) in [6.07, 6.45) is 0. The van der Waals surface area contributed by atoms with E-state index in [1.54, 1.807) is 16.8 Å². The van der Waals surface area contributed by atoms with E-state index in [1.165, 1.54) is 12.1 Å². The van der Waals surface area contributed by atoms with E-state index in [0.717, 1.165) is 11.3 Å². The summed E-state index contributed by atoms with van der Waals surface area (Å²) >= 11 is 6.56. The van der Waals surface area contributed by atoms with Crippen molar-refractivity contribution in [3.05, 3.63) is 61.8 Å². The molecule has 0 atom stereocenters. The molecule has 0 aliphatic rings. The van der Waals surface area contributed by atoms with Crippen LogP contribution in [0.15, 0.2) is 33.3 Å². The van der Waals surface area contributed by atoms with Crippen molar-refractivity contribution in [2.24, 2.45) is 0 Å². The summed E-state index contributed by atoms with van der Waals surface area (Å²) in [7, 11) is 0. The van der Waals surface area contributed by atoms with Crippen molar-refractivity contribution in [3.8, 4) is 0 Å². The Morgan fingerprint density at radius 2 is 1.96 bits per heavy atom. The summed E-state index contributed by atoms with van der Waals surface area (Å²) in [5.41, 5.74) is 3.30. The zero-order valence-corrected chi connectivity index (χ0v) is 16.6. The molecule has 3 rings (SSSR count). The van der Waals surface area contributed by atoms with Gasteiger partial charge in [-0.05, 0) is 63.4 Å². The zero-order valence-electron chi connectivity index (χ0n) is 13.4. The molecular formula is C16H14Br2FN5O. The molecule has 0 unspecified atom stereocenters. The maximum absolute atomic E-state index is 13.0. The number of aromatic amines is 1. The zero-order chi connectivity index (χ0) is 18.1. The predicted molar refractivity (Wildman–Crippen MR) is 99.1 cm³/mol. The fourth-order valence-electron chi connectivity index (χ4n) is 2.42. The van der Waals surface area contributed by atoms with E-state index >= 15 is 0 Å². The highest BCUT2D eigenvalue weighted by Crippen LogP contribution is 2.26. The van der Waals surface area contributed by atoms with E-state index < -0.39 is 0 Å². The molecule has 0 bridgehead atoms. The molecule has 0 saturated carbocycles.